The fraction of sp³-hybridized carbons (Fsp3) is 0. The average Bonchev–Trinajstić information content (AvgIpc) is 0.918. The van der Waals surface area contributed by atoms with E-state index in [-0.39, 0.29) is 120 Å². The molecule has 0 aromatic heterocycles. The predicted molar refractivity (Wildman–Crippen MR) is 17.6 cm³/mol. The Morgan fingerprint density at radius 2 is 1.29 bits per heavy atom. The van der Waals surface area contributed by atoms with Crippen LogP contribution < -0.4 is 0 Å². The van der Waals surface area contributed by atoms with E-state index in [1.807, 2.05) is 0 Å². The molecule has 0 fully saturated rings. The summed E-state index contributed by atoms with van der Waals surface area (Å²) in [7, 11) is -0.917. The molecule has 0 aliphatic carbocycles. The van der Waals surface area contributed by atoms with Gasteiger partial charge in [-0.2, -0.15) is 0 Å². The van der Waals surface area contributed by atoms with Gasteiger partial charge in [0.05, 0.1) is 0 Å². The van der Waals surface area contributed by atoms with E-state index in [1.54, 1.807) is 0 Å². The Kier molecular flexibility index (Phi) is 246. The van der Waals surface area contributed by atoms with Crippen LogP contribution in [0.25, 0.3) is 0 Å². The summed E-state index contributed by atoms with van der Waals surface area (Å²) in [4.78, 5) is 0. The minimum absolute atomic E-state index is 0. The van der Waals surface area contributed by atoms with Gasteiger partial charge >= 0.3 is 10.3 Å². The van der Waals surface area contributed by atoms with Gasteiger partial charge in [-0.25, -0.2) is 0 Å². The van der Waals surface area contributed by atoms with Crippen molar-refractivity contribution in [3.63, 3.8) is 0 Å². The third-order valence-electron chi connectivity index (χ3n) is 0. The van der Waals surface area contributed by atoms with Crippen molar-refractivity contribution < 1.29 is 124 Å². The van der Waals surface area contributed by atoms with Gasteiger partial charge in [0.2, 0.25) is 0 Å². The standard InChI is InChI=1S/2Ac.H2OP.2H2O.Pd/c;;1-2;;;/h;;2H2;2*1H2;/q;;+1;;;/i;;2T;;;. The van der Waals surface area contributed by atoms with Crippen molar-refractivity contribution >= 4 is 9.06 Å². The zero-order valence-corrected chi connectivity index (χ0v) is 15.4. The van der Waals surface area contributed by atoms with E-state index in [0.717, 1.165) is 0 Å². The number of hydrogen-bond acceptors (Lipinski definition) is 1. The van der Waals surface area contributed by atoms with Gasteiger partial charge < -0.3 is 11.0 Å². The van der Waals surface area contributed by atoms with Gasteiger partial charge in [0.1, 0.15) is 0 Å². The zero-order valence-electron chi connectivity index (χ0n) is 4.38. The summed E-state index contributed by atoms with van der Waals surface area (Å²) in [6.07, 6.45) is 0. The normalized spacial score (nSPS) is 3.14. The maximum atomic E-state index is 8.62. The molecule has 0 amide bonds. The molecule has 3 nitrogen and oxygen atoms in total. The summed E-state index contributed by atoms with van der Waals surface area (Å²) in [5.74, 6) is 0. The second-order valence-corrected chi connectivity index (χ2v) is 0. The molecule has 7 heavy (non-hydrogen) atoms. The van der Waals surface area contributed by atoms with E-state index < -0.39 is 9.06 Å². The van der Waals surface area contributed by atoms with Gasteiger partial charge in [-0.3, -0.25) is 0 Å². The fourth-order valence-electron chi connectivity index (χ4n) is 0. The molecule has 0 rings (SSSR count). The SMILES string of the molecule is O.O.[3H][PH+]=O.[Ac].[Ac].[Pd]. The fourth-order valence-corrected chi connectivity index (χ4v) is 0. The molecular formula is H6Ac2O3PPd+. The Morgan fingerprint density at radius 1 is 1.29 bits per heavy atom. The summed E-state index contributed by atoms with van der Waals surface area (Å²) in [6.45, 7) is 0. The van der Waals surface area contributed by atoms with Crippen molar-refractivity contribution in [2.45, 2.75) is 0 Å². The van der Waals surface area contributed by atoms with Gasteiger partial charge in [0.25, 0.3) is 0 Å². The molecule has 44 valence electrons. The van der Waals surface area contributed by atoms with Crippen LogP contribution in [0.3, 0.4) is 0 Å². The van der Waals surface area contributed by atoms with Crippen LogP contribution in [0.5, 0.6) is 0 Å². The number of rotatable bonds is 0. The predicted octanol–water partition coefficient (Wildman–Crippen LogP) is -1.44. The zero-order chi connectivity index (χ0) is 2.71. The molecule has 0 aromatic carbocycles. The van der Waals surface area contributed by atoms with E-state index in [4.69, 9.17) is 5.84 Å². The van der Waals surface area contributed by atoms with Crippen molar-refractivity contribution in [2.75, 3.05) is 0 Å². The minimum atomic E-state index is -0.917. The molecule has 7 heteroatoms. The van der Waals surface area contributed by atoms with Crippen LogP contribution >= 0.6 is 9.06 Å². The van der Waals surface area contributed by atoms with Crippen LogP contribution in [-0.4, -0.2) is 12.2 Å². The van der Waals surface area contributed by atoms with Crippen molar-refractivity contribution in [3.8, 4) is 0 Å². The average molecular weight is 647 g/mol. The van der Waals surface area contributed by atoms with Crippen LogP contribution in [-0.2, 0) is 25.0 Å². The quantitative estimate of drug-likeness (QED) is 0.235. The maximum Gasteiger partial charge on any atom is 0.385 e. The molecule has 0 bridgehead atoms. The van der Waals surface area contributed by atoms with Gasteiger partial charge in [-0.05, 0) is 0 Å². The largest absolute Gasteiger partial charge is 0.412 e. The topological polar surface area (TPSA) is 80.1 Å². The molecular weight excluding hydrogens is 639 g/mol. The van der Waals surface area contributed by atoms with E-state index in [0.29, 0.717) is 0 Å². The molecule has 0 aliphatic rings. The van der Waals surface area contributed by atoms with Crippen LogP contribution in [0.15, 0.2) is 0 Å². The summed E-state index contributed by atoms with van der Waals surface area (Å²) in [5.41, 5.74) is 0. The Bertz CT molecular complexity index is 24.8. The van der Waals surface area contributed by atoms with Gasteiger partial charge in [-0.1, -0.05) is 4.57 Å². The molecule has 2 radical (unpaired) electrons. The van der Waals surface area contributed by atoms with Crippen molar-refractivity contribution in [1.29, 1.82) is 1.28 Å². The van der Waals surface area contributed by atoms with Gasteiger partial charge in [0.15, 0.2) is 0 Å². The van der Waals surface area contributed by atoms with Crippen molar-refractivity contribution in [1.82, 2.24) is 0 Å². The second-order valence-electron chi connectivity index (χ2n) is 0. The van der Waals surface area contributed by atoms with Gasteiger partial charge in [0, 0.05) is 109 Å². The number of hydrogen-bond donors (Lipinski definition) is 0. The molecule has 0 spiro atoms. The van der Waals surface area contributed by atoms with E-state index >= 15 is 0 Å². The minimum Gasteiger partial charge on any atom is -0.412 e. The Balaban J connectivity index is -0.00000000200. The molecule has 4 N–H and O–H groups in total. The first-order valence-corrected chi connectivity index (χ1v) is 0.612. The van der Waals surface area contributed by atoms with E-state index in [2.05, 4.69) is 0 Å². The summed E-state index contributed by atoms with van der Waals surface area (Å²) < 4.78 is 14.3. The van der Waals surface area contributed by atoms with Crippen molar-refractivity contribution in [3.05, 3.63) is 0 Å². The van der Waals surface area contributed by atoms with Crippen LogP contribution in [0.2, 0.25) is 0 Å². The summed E-state index contributed by atoms with van der Waals surface area (Å²) in [5, 5.41) is 0. The van der Waals surface area contributed by atoms with Crippen LogP contribution in [0, 0.1) is 88.1 Å². The first-order chi connectivity index (χ1) is 1.41. The third-order valence-corrected chi connectivity index (χ3v) is 0. The van der Waals surface area contributed by atoms with Gasteiger partial charge in [-0.15, -0.1) is 0 Å². The van der Waals surface area contributed by atoms with E-state index in [1.165, 1.54) is 0 Å². The second kappa shape index (κ2) is 55.2. The van der Waals surface area contributed by atoms with Crippen LogP contribution in [0.1, 0.15) is 0 Å². The molecule has 1 atom stereocenters. The van der Waals surface area contributed by atoms with Crippen molar-refractivity contribution in [2.24, 2.45) is 0 Å². The molecule has 0 aliphatic heterocycles. The first kappa shape index (κ1) is 31.2. The Labute approximate surface area is 131 Å². The molecule has 0 saturated heterocycles. The Hall–Kier alpha value is 3.57. The molecule has 0 saturated carbocycles. The smallest absolute Gasteiger partial charge is 0.385 e. The van der Waals surface area contributed by atoms with Crippen LogP contribution in [0.4, 0.5) is 0 Å². The molecule has 0 aromatic rings. The molecule has 0 heterocycles. The monoisotopic (exact) mass is 647 g/mol. The Morgan fingerprint density at radius 3 is 1.29 bits per heavy atom. The molecule has 1 unspecified atom stereocenters. The third kappa shape index (κ3) is 43.1. The maximum absolute atomic E-state index is 8.62. The summed E-state index contributed by atoms with van der Waals surface area (Å²) in [6, 6.07) is 0. The summed E-state index contributed by atoms with van der Waals surface area (Å²) >= 11 is 0. The first-order valence-electron chi connectivity index (χ1n) is 0.704. The van der Waals surface area contributed by atoms with E-state index in [9.17, 15) is 0 Å².